The Balaban J connectivity index is 0.000000289. The lowest BCUT2D eigenvalue weighted by Crippen LogP contribution is -2.40. The zero-order chi connectivity index (χ0) is 56.3. The Labute approximate surface area is 451 Å². The number of unbranched alkanes of at least 4 members (excludes halogenated alkanes) is 3. The minimum absolute atomic E-state index is 0.0267. The van der Waals surface area contributed by atoms with Crippen molar-refractivity contribution in [3.05, 3.63) is 119 Å². The third-order valence-electron chi connectivity index (χ3n) is 11.6. The number of benzene rings is 4. The van der Waals surface area contributed by atoms with Crippen molar-refractivity contribution in [3.8, 4) is 11.5 Å². The molecule has 2 atom stereocenters. The first-order chi connectivity index (χ1) is 37.4. The van der Waals surface area contributed by atoms with Gasteiger partial charge in [-0.05, 0) is 153 Å². The van der Waals surface area contributed by atoms with Gasteiger partial charge in [-0.25, -0.2) is 26.4 Å². The second-order valence-electron chi connectivity index (χ2n) is 17.3. The summed E-state index contributed by atoms with van der Waals surface area (Å²) in [5.41, 5.74) is 3.59. The number of oxime groups is 4. The van der Waals surface area contributed by atoms with Crippen molar-refractivity contribution >= 4 is 68.3 Å². The van der Waals surface area contributed by atoms with Crippen molar-refractivity contribution in [1.82, 2.24) is 8.61 Å². The molecule has 4 N–H and O–H groups in total. The molecular formula is C52H62N6O18S2. The maximum absolute atomic E-state index is 12.8. The summed E-state index contributed by atoms with van der Waals surface area (Å²) in [4.78, 5) is 64.8. The average molecular weight is 1120 g/mol. The van der Waals surface area contributed by atoms with Crippen LogP contribution < -0.4 is 9.47 Å². The van der Waals surface area contributed by atoms with Gasteiger partial charge in [-0.3, -0.25) is 9.59 Å². The summed E-state index contributed by atoms with van der Waals surface area (Å²) in [5, 5.41) is 51.5. The highest BCUT2D eigenvalue weighted by molar-refractivity contribution is 7.89. The molecule has 6 rings (SSSR count). The van der Waals surface area contributed by atoms with E-state index in [-0.39, 0.29) is 29.5 Å². The van der Waals surface area contributed by atoms with Crippen LogP contribution in [0, 0.1) is 0 Å². The van der Waals surface area contributed by atoms with Gasteiger partial charge in [0.25, 0.3) is 0 Å². The molecule has 0 saturated carbocycles. The zero-order valence-electron chi connectivity index (χ0n) is 42.6. The lowest BCUT2D eigenvalue weighted by atomic mass is 10.1. The van der Waals surface area contributed by atoms with Crippen molar-refractivity contribution in [2.45, 2.75) is 86.6 Å². The number of sulfonamides is 2. The minimum Gasteiger partial charge on any atom is -0.482 e. The van der Waals surface area contributed by atoms with Gasteiger partial charge >= 0.3 is 23.9 Å². The molecule has 0 spiro atoms. The molecule has 2 aliphatic heterocycles. The molecule has 420 valence electrons. The Morgan fingerprint density at radius 2 is 0.872 bits per heavy atom. The van der Waals surface area contributed by atoms with Gasteiger partial charge in [-0.15, -0.1) is 0 Å². The van der Waals surface area contributed by atoms with Crippen LogP contribution in [0.3, 0.4) is 0 Å². The van der Waals surface area contributed by atoms with Crippen LogP contribution in [0.2, 0.25) is 0 Å². The molecule has 26 heteroatoms. The van der Waals surface area contributed by atoms with Gasteiger partial charge in [0.05, 0.1) is 34.1 Å². The Kier molecular flexibility index (Phi) is 24.5. The SMILES string of the molecule is C/C(=N/OCCCCCCO/N=C/c1ccc(S(=O)(=O)N2CCCC2C(=O)O)cc1)c1ccc(OCC(=O)O)cc1.O=C(O)COc1ccc(/C=N/OCCCO/N=C/c2ccc(S(=O)(=O)N3CCCC3C(=O)O)cc2)cc1. The van der Waals surface area contributed by atoms with Gasteiger partial charge in [0.1, 0.15) is 50.0 Å². The van der Waals surface area contributed by atoms with E-state index in [0.29, 0.717) is 80.3 Å². The monoisotopic (exact) mass is 1120 g/mol. The van der Waals surface area contributed by atoms with E-state index < -0.39 is 69.2 Å². The van der Waals surface area contributed by atoms with E-state index in [4.69, 9.17) is 39.0 Å². The first kappa shape index (κ1) is 60.9. The first-order valence-corrected chi connectivity index (χ1v) is 27.6. The molecular weight excluding hydrogens is 1060 g/mol. The van der Waals surface area contributed by atoms with E-state index >= 15 is 0 Å². The Hall–Kier alpha value is -7.94. The summed E-state index contributed by atoms with van der Waals surface area (Å²) in [6.45, 7) is 2.91. The number of ether oxygens (including phenoxy) is 2. The summed E-state index contributed by atoms with van der Waals surface area (Å²) in [5.74, 6) is -3.45. The Morgan fingerprint density at radius 3 is 1.26 bits per heavy atom. The maximum Gasteiger partial charge on any atom is 0.341 e. The van der Waals surface area contributed by atoms with Crippen LogP contribution in [0.1, 0.15) is 87.0 Å². The molecule has 78 heavy (non-hydrogen) atoms. The van der Waals surface area contributed by atoms with Crippen molar-refractivity contribution in [1.29, 1.82) is 0 Å². The van der Waals surface area contributed by atoms with Gasteiger partial charge in [0.15, 0.2) is 13.2 Å². The van der Waals surface area contributed by atoms with Crippen LogP contribution in [-0.4, -0.2) is 159 Å². The second kappa shape index (κ2) is 31.3. The number of carbonyl (C=O) groups is 4. The van der Waals surface area contributed by atoms with Crippen molar-refractivity contribution in [2.75, 3.05) is 52.7 Å². The summed E-state index contributed by atoms with van der Waals surface area (Å²) in [6, 6.07) is 23.6. The highest BCUT2D eigenvalue weighted by atomic mass is 32.2. The maximum atomic E-state index is 12.8. The third kappa shape index (κ3) is 19.9. The summed E-state index contributed by atoms with van der Waals surface area (Å²) in [6.07, 6.45) is 10.1. The van der Waals surface area contributed by atoms with E-state index in [1.165, 1.54) is 42.9 Å². The predicted octanol–water partition coefficient (Wildman–Crippen LogP) is 5.92. The summed E-state index contributed by atoms with van der Waals surface area (Å²) >= 11 is 0. The minimum atomic E-state index is -3.89. The van der Waals surface area contributed by atoms with Gasteiger partial charge in [-0.2, -0.15) is 8.61 Å². The molecule has 4 aromatic carbocycles. The Bertz CT molecular complexity index is 2920. The van der Waals surface area contributed by atoms with E-state index in [1.807, 2.05) is 6.92 Å². The van der Waals surface area contributed by atoms with Crippen LogP contribution in [0.25, 0.3) is 0 Å². The fourth-order valence-corrected chi connectivity index (χ4v) is 10.8. The van der Waals surface area contributed by atoms with Crippen LogP contribution in [0.5, 0.6) is 11.5 Å². The topological polar surface area (TPSA) is 329 Å². The number of hydrogen-bond acceptors (Lipinski definition) is 18. The van der Waals surface area contributed by atoms with E-state index in [2.05, 4.69) is 20.6 Å². The molecule has 2 unspecified atom stereocenters. The standard InChI is InChI=1S/C28H35N3O9S.C24H27N3O9S/c1-21(23-10-12-24(13-11-23)38-20-27(32)33)30-40-18-5-3-2-4-17-39-29-19-22-8-14-25(15-9-22)41(36,37)31-16-6-7-26(31)28(34)35;28-23(29)17-34-20-8-4-18(5-9-20)15-25-35-13-2-14-36-26-16-19-6-10-21(11-7-19)37(32,33)27-12-1-3-22(27)24(30)31/h8-15,19,26H,2-7,16-18,20H2,1H3,(H,32,33)(H,34,35);4-11,15-16,22H,1-3,12-14,17H2,(H,28,29)(H,30,31)/b29-19+,30-21-;25-15+,26-16+. The molecule has 0 radical (unpaired) electrons. The molecule has 4 aromatic rings. The molecule has 2 aliphatic rings. The second-order valence-corrected chi connectivity index (χ2v) is 21.1. The summed E-state index contributed by atoms with van der Waals surface area (Å²) in [7, 11) is -7.76. The van der Waals surface area contributed by atoms with Gasteiger partial charge in [-0.1, -0.05) is 44.9 Å². The predicted molar refractivity (Wildman–Crippen MR) is 283 cm³/mol. The number of rotatable bonds is 31. The number of aliphatic carboxylic acids is 4. The van der Waals surface area contributed by atoms with Crippen LogP contribution >= 0.6 is 0 Å². The molecule has 2 heterocycles. The van der Waals surface area contributed by atoms with Crippen LogP contribution in [-0.2, 0) is 58.6 Å². The fraction of sp³-hybridized carbons (Fsp3) is 0.385. The highest BCUT2D eigenvalue weighted by Crippen LogP contribution is 2.28. The van der Waals surface area contributed by atoms with Crippen molar-refractivity contribution < 1.29 is 85.3 Å². The zero-order valence-corrected chi connectivity index (χ0v) is 44.3. The quantitative estimate of drug-likeness (QED) is 0.0258. The van der Waals surface area contributed by atoms with E-state index in [9.17, 15) is 46.2 Å². The third-order valence-corrected chi connectivity index (χ3v) is 15.4. The normalized spacial score (nSPS) is 16.2. The fourth-order valence-electron chi connectivity index (χ4n) is 7.53. The number of hydrogen-bond donors (Lipinski definition) is 4. The van der Waals surface area contributed by atoms with Gasteiger partial charge < -0.3 is 49.3 Å². The van der Waals surface area contributed by atoms with E-state index in [0.717, 1.165) is 45.4 Å². The first-order valence-electron chi connectivity index (χ1n) is 24.7. The average Bonchev–Trinajstić information content (AvgIpc) is 4.16. The van der Waals surface area contributed by atoms with Gasteiger partial charge in [0, 0.05) is 19.5 Å². The molecule has 24 nitrogen and oxygen atoms in total. The van der Waals surface area contributed by atoms with Crippen molar-refractivity contribution in [2.24, 2.45) is 20.6 Å². The van der Waals surface area contributed by atoms with Gasteiger partial charge in [0.2, 0.25) is 20.0 Å². The molecule has 0 bridgehead atoms. The number of carboxylic acid groups (broad SMARTS) is 4. The summed E-state index contributed by atoms with van der Waals surface area (Å²) < 4.78 is 63.4. The van der Waals surface area contributed by atoms with Crippen molar-refractivity contribution in [3.63, 3.8) is 0 Å². The lowest BCUT2D eigenvalue weighted by Gasteiger charge is -2.20. The molecule has 0 aliphatic carbocycles. The molecule has 2 saturated heterocycles. The van der Waals surface area contributed by atoms with E-state index in [1.54, 1.807) is 72.8 Å². The largest absolute Gasteiger partial charge is 0.482 e. The highest BCUT2D eigenvalue weighted by Gasteiger charge is 2.40. The lowest BCUT2D eigenvalue weighted by molar-refractivity contribution is -0.141. The molecule has 0 amide bonds. The van der Waals surface area contributed by atoms with Crippen LogP contribution in [0.4, 0.5) is 0 Å². The molecule has 0 aromatic heterocycles. The number of carboxylic acids is 4. The molecule has 2 fully saturated rings. The Morgan fingerprint density at radius 1 is 0.513 bits per heavy atom. The smallest absolute Gasteiger partial charge is 0.341 e. The van der Waals surface area contributed by atoms with Crippen LogP contribution in [0.15, 0.2) is 127 Å². The number of nitrogens with zero attached hydrogens (tertiary/aromatic N) is 6.